The minimum absolute atomic E-state index is 0.100. The normalized spacial score (nSPS) is 15.6. The molecule has 0 saturated heterocycles. The number of para-hydroxylation sites is 2. The molecule has 2 heterocycles. The second-order valence-electron chi connectivity index (χ2n) is 7.81. The third kappa shape index (κ3) is 3.55. The molecular weight excluding hydrogens is 396 g/mol. The molecule has 1 amide bonds. The number of benzene rings is 2. The SMILES string of the molecule is COc1cccc([C@@H]2c3c(oc4ccccc4c3=O)C(=O)N2CCCN(C)C)c1OC. The van der Waals surface area contributed by atoms with Crippen LogP contribution in [-0.2, 0) is 0 Å². The largest absolute Gasteiger partial charge is 0.493 e. The van der Waals surface area contributed by atoms with Crippen LogP contribution in [0.3, 0.4) is 0 Å². The Hall–Kier alpha value is -3.32. The summed E-state index contributed by atoms with van der Waals surface area (Å²) >= 11 is 0. The standard InChI is InChI=1S/C24H26N2O5/c1-25(2)13-8-14-26-20(16-10-7-12-18(29-3)22(16)30-4)19-21(27)15-9-5-6-11-17(15)31-23(19)24(26)28/h5-7,9-12,20H,8,13-14H2,1-4H3/t20-/m1/s1. The predicted octanol–water partition coefficient (Wildman–Crippen LogP) is 3.31. The third-order valence-electron chi connectivity index (χ3n) is 5.61. The lowest BCUT2D eigenvalue weighted by molar-refractivity contribution is 0.0720. The summed E-state index contributed by atoms with van der Waals surface area (Å²) in [6, 6.07) is 11.9. The van der Waals surface area contributed by atoms with E-state index in [1.54, 1.807) is 49.5 Å². The van der Waals surface area contributed by atoms with Crippen LogP contribution in [0.4, 0.5) is 0 Å². The van der Waals surface area contributed by atoms with Gasteiger partial charge in [-0.15, -0.1) is 0 Å². The average Bonchev–Trinajstić information content (AvgIpc) is 3.05. The molecule has 0 saturated carbocycles. The fourth-order valence-electron chi connectivity index (χ4n) is 4.21. The Balaban J connectivity index is 1.93. The van der Waals surface area contributed by atoms with Gasteiger partial charge in [-0.2, -0.15) is 0 Å². The van der Waals surface area contributed by atoms with Crippen LogP contribution in [0.5, 0.6) is 11.5 Å². The molecule has 0 N–H and O–H groups in total. The van der Waals surface area contributed by atoms with Crippen LogP contribution >= 0.6 is 0 Å². The second kappa shape index (κ2) is 8.43. The van der Waals surface area contributed by atoms with Crippen molar-refractivity contribution in [2.24, 2.45) is 0 Å². The smallest absolute Gasteiger partial charge is 0.290 e. The number of carbonyl (C=O) groups is 1. The lowest BCUT2D eigenvalue weighted by atomic mass is 9.97. The molecule has 0 spiro atoms. The van der Waals surface area contributed by atoms with E-state index in [9.17, 15) is 9.59 Å². The maximum atomic E-state index is 13.5. The lowest BCUT2D eigenvalue weighted by Gasteiger charge is -2.27. The van der Waals surface area contributed by atoms with E-state index in [-0.39, 0.29) is 17.1 Å². The quantitative estimate of drug-likeness (QED) is 0.582. The number of hydrogen-bond acceptors (Lipinski definition) is 6. The molecule has 4 rings (SSSR count). The molecule has 7 nitrogen and oxygen atoms in total. The van der Waals surface area contributed by atoms with E-state index in [4.69, 9.17) is 13.9 Å². The van der Waals surface area contributed by atoms with Gasteiger partial charge in [0.15, 0.2) is 16.9 Å². The molecule has 3 aromatic rings. The van der Waals surface area contributed by atoms with Crippen LogP contribution in [0.2, 0.25) is 0 Å². The van der Waals surface area contributed by atoms with Crippen molar-refractivity contribution in [3.63, 3.8) is 0 Å². The van der Waals surface area contributed by atoms with E-state index in [1.807, 2.05) is 26.2 Å². The van der Waals surface area contributed by atoms with E-state index >= 15 is 0 Å². The van der Waals surface area contributed by atoms with Gasteiger partial charge in [-0.25, -0.2) is 0 Å². The summed E-state index contributed by atoms with van der Waals surface area (Å²) in [4.78, 5) is 30.7. The van der Waals surface area contributed by atoms with E-state index in [0.717, 1.165) is 13.0 Å². The minimum atomic E-state index is -0.615. The number of hydrogen-bond donors (Lipinski definition) is 0. The Kier molecular flexibility index (Phi) is 5.69. The van der Waals surface area contributed by atoms with Crippen molar-refractivity contribution in [3.8, 4) is 11.5 Å². The van der Waals surface area contributed by atoms with E-state index in [2.05, 4.69) is 4.90 Å². The first kappa shape index (κ1) is 20.9. The molecule has 1 aromatic heterocycles. The van der Waals surface area contributed by atoms with Crippen LogP contribution in [0.15, 0.2) is 51.7 Å². The summed E-state index contributed by atoms with van der Waals surface area (Å²) in [5.74, 6) is 0.857. The average molecular weight is 422 g/mol. The molecule has 2 aromatic carbocycles. The first-order valence-electron chi connectivity index (χ1n) is 10.2. The minimum Gasteiger partial charge on any atom is -0.493 e. The molecule has 0 bridgehead atoms. The molecule has 0 unspecified atom stereocenters. The molecular formula is C24H26N2O5. The Bertz CT molecular complexity index is 1180. The van der Waals surface area contributed by atoms with Crippen molar-refractivity contribution in [2.45, 2.75) is 12.5 Å². The van der Waals surface area contributed by atoms with Gasteiger partial charge in [-0.1, -0.05) is 24.3 Å². The highest BCUT2D eigenvalue weighted by Crippen LogP contribution is 2.44. The number of amides is 1. The molecule has 31 heavy (non-hydrogen) atoms. The second-order valence-corrected chi connectivity index (χ2v) is 7.81. The van der Waals surface area contributed by atoms with Crippen molar-refractivity contribution >= 4 is 16.9 Å². The molecule has 162 valence electrons. The monoisotopic (exact) mass is 422 g/mol. The van der Waals surface area contributed by atoms with Crippen LogP contribution in [0.25, 0.3) is 11.0 Å². The fourth-order valence-corrected chi connectivity index (χ4v) is 4.21. The Morgan fingerprint density at radius 1 is 1.03 bits per heavy atom. The fraction of sp³-hybridized carbons (Fsp3) is 0.333. The number of fused-ring (bicyclic) bond motifs is 2. The van der Waals surface area contributed by atoms with E-state index in [0.29, 0.717) is 40.1 Å². The van der Waals surface area contributed by atoms with Crippen LogP contribution in [0.1, 0.15) is 34.1 Å². The first-order chi connectivity index (χ1) is 15.0. The van der Waals surface area contributed by atoms with Gasteiger partial charge in [0.25, 0.3) is 5.91 Å². The highest BCUT2D eigenvalue weighted by atomic mass is 16.5. The highest BCUT2D eigenvalue weighted by Gasteiger charge is 2.43. The zero-order valence-electron chi connectivity index (χ0n) is 18.2. The van der Waals surface area contributed by atoms with Crippen molar-refractivity contribution in [1.29, 1.82) is 0 Å². The summed E-state index contributed by atoms with van der Waals surface area (Å²) in [6.45, 7) is 1.29. The number of rotatable bonds is 7. The van der Waals surface area contributed by atoms with Gasteiger partial charge in [0, 0.05) is 12.1 Å². The van der Waals surface area contributed by atoms with Crippen LogP contribution < -0.4 is 14.9 Å². The summed E-state index contributed by atoms with van der Waals surface area (Å²) in [6.07, 6.45) is 0.753. The summed E-state index contributed by atoms with van der Waals surface area (Å²) in [5.41, 5.74) is 1.25. The maximum absolute atomic E-state index is 13.5. The first-order valence-corrected chi connectivity index (χ1v) is 10.2. The Morgan fingerprint density at radius 2 is 1.81 bits per heavy atom. The third-order valence-corrected chi connectivity index (χ3v) is 5.61. The topological polar surface area (TPSA) is 72.2 Å². The Labute approximate surface area is 180 Å². The van der Waals surface area contributed by atoms with E-state index in [1.165, 1.54) is 0 Å². The molecule has 1 aliphatic heterocycles. The number of methoxy groups -OCH3 is 2. The summed E-state index contributed by atoms with van der Waals surface area (Å²) in [5, 5.41) is 0.455. The van der Waals surface area contributed by atoms with Gasteiger partial charge in [0.2, 0.25) is 5.76 Å². The van der Waals surface area contributed by atoms with Crippen molar-refractivity contribution in [3.05, 3.63) is 69.6 Å². The van der Waals surface area contributed by atoms with Gasteiger partial charge in [0.1, 0.15) is 5.58 Å². The molecule has 1 aliphatic rings. The predicted molar refractivity (Wildman–Crippen MR) is 118 cm³/mol. The molecule has 0 radical (unpaired) electrons. The number of nitrogens with zero attached hydrogens (tertiary/aromatic N) is 2. The molecule has 0 aliphatic carbocycles. The lowest BCUT2D eigenvalue weighted by Crippen LogP contribution is -2.32. The molecule has 7 heteroatoms. The van der Waals surface area contributed by atoms with Gasteiger partial charge in [-0.3, -0.25) is 9.59 Å². The van der Waals surface area contributed by atoms with Crippen molar-refractivity contribution < 1.29 is 18.7 Å². The Morgan fingerprint density at radius 3 is 2.52 bits per heavy atom. The zero-order valence-corrected chi connectivity index (χ0v) is 18.2. The van der Waals surface area contributed by atoms with Crippen LogP contribution in [0, 0.1) is 0 Å². The van der Waals surface area contributed by atoms with Gasteiger partial charge >= 0.3 is 0 Å². The maximum Gasteiger partial charge on any atom is 0.290 e. The van der Waals surface area contributed by atoms with Crippen molar-refractivity contribution in [2.75, 3.05) is 41.4 Å². The molecule has 0 fully saturated rings. The number of ether oxygens (including phenoxy) is 2. The highest BCUT2D eigenvalue weighted by molar-refractivity contribution is 5.99. The zero-order chi connectivity index (χ0) is 22.1. The van der Waals surface area contributed by atoms with Gasteiger partial charge in [0.05, 0.1) is 31.2 Å². The van der Waals surface area contributed by atoms with Gasteiger partial charge < -0.3 is 23.7 Å². The summed E-state index contributed by atoms with van der Waals surface area (Å²) < 4.78 is 17.1. The molecule has 1 atom stereocenters. The van der Waals surface area contributed by atoms with Crippen LogP contribution in [-0.4, -0.2) is 57.1 Å². The van der Waals surface area contributed by atoms with Gasteiger partial charge in [-0.05, 0) is 45.3 Å². The van der Waals surface area contributed by atoms with E-state index < -0.39 is 6.04 Å². The van der Waals surface area contributed by atoms with Crippen molar-refractivity contribution in [1.82, 2.24) is 9.80 Å². The summed E-state index contributed by atoms with van der Waals surface area (Å²) in [7, 11) is 7.09. The number of carbonyl (C=O) groups excluding carboxylic acids is 1.